The number of amides is 1. The van der Waals surface area contributed by atoms with Crippen LogP contribution in [0, 0.1) is 0 Å². The molecule has 0 aliphatic rings. The number of aromatic amines is 1. The van der Waals surface area contributed by atoms with Crippen LogP contribution in [0.15, 0.2) is 30.6 Å². The van der Waals surface area contributed by atoms with E-state index in [2.05, 4.69) is 20.5 Å². The van der Waals surface area contributed by atoms with Crippen molar-refractivity contribution in [1.82, 2.24) is 20.5 Å². The van der Waals surface area contributed by atoms with Gasteiger partial charge in [0.15, 0.2) is 0 Å². The first-order valence-corrected chi connectivity index (χ1v) is 6.02. The molecule has 0 spiro atoms. The lowest BCUT2D eigenvalue weighted by atomic mass is 10.1. The van der Waals surface area contributed by atoms with E-state index in [0.717, 1.165) is 17.1 Å². The van der Waals surface area contributed by atoms with E-state index in [1.165, 1.54) is 6.33 Å². The number of rotatable bonds is 6. The zero-order chi connectivity index (χ0) is 13.5. The summed E-state index contributed by atoms with van der Waals surface area (Å²) in [4.78, 5) is 15.7. The maximum Gasteiger partial charge on any atom is 0.224 e. The third-order valence-electron chi connectivity index (χ3n) is 2.67. The zero-order valence-electron chi connectivity index (χ0n) is 10.7. The molecule has 0 saturated carbocycles. The van der Waals surface area contributed by atoms with Gasteiger partial charge in [-0.05, 0) is 17.7 Å². The summed E-state index contributed by atoms with van der Waals surface area (Å²) in [6.07, 6.45) is 2.46. The number of H-pyrrole nitrogens is 1. The average Bonchev–Trinajstić information content (AvgIpc) is 2.93. The van der Waals surface area contributed by atoms with E-state index in [0.29, 0.717) is 19.4 Å². The van der Waals surface area contributed by atoms with Gasteiger partial charge < -0.3 is 10.1 Å². The molecular weight excluding hydrogens is 244 g/mol. The van der Waals surface area contributed by atoms with Gasteiger partial charge in [0.25, 0.3) is 0 Å². The fraction of sp³-hybridized carbons (Fsp3) is 0.308. The fourth-order valence-corrected chi connectivity index (χ4v) is 1.66. The van der Waals surface area contributed by atoms with Crippen LogP contribution >= 0.6 is 0 Å². The van der Waals surface area contributed by atoms with E-state index in [9.17, 15) is 4.79 Å². The molecule has 0 bridgehead atoms. The van der Waals surface area contributed by atoms with Crippen LogP contribution in [0.1, 0.15) is 11.4 Å². The average molecular weight is 260 g/mol. The van der Waals surface area contributed by atoms with Gasteiger partial charge in [0, 0.05) is 13.0 Å². The second kappa shape index (κ2) is 6.53. The molecule has 6 heteroatoms. The number of methoxy groups -OCH3 is 1. The largest absolute Gasteiger partial charge is 0.497 e. The lowest BCUT2D eigenvalue weighted by molar-refractivity contribution is -0.120. The summed E-state index contributed by atoms with van der Waals surface area (Å²) in [5.41, 5.74) is 0.956. The van der Waals surface area contributed by atoms with Gasteiger partial charge in [-0.25, -0.2) is 4.98 Å². The minimum atomic E-state index is -0.00955. The van der Waals surface area contributed by atoms with E-state index in [4.69, 9.17) is 4.74 Å². The van der Waals surface area contributed by atoms with Crippen molar-refractivity contribution in [2.45, 2.75) is 12.8 Å². The Bertz CT molecular complexity index is 508. The van der Waals surface area contributed by atoms with Crippen LogP contribution in [0.2, 0.25) is 0 Å². The number of benzene rings is 1. The van der Waals surface area contributed by atoms with Crippen LogP contribution in [0.3, 0.4) is 0 Å². The number of carbonyl (C=O) groups is 1. The summed E-state index contributed by atoms with van der Waals surface area (Å²) in [5, 5.41) is 9.33. The first-order valence-electron chi connectivity index (χ1n) is 6.02. The maximum atomic E-state index is 11.7. The standard InChI is InChI=1S/C13H16N4O2/c1-19-11-4-2-10(3-5-11)8-13(18)14-7-6-12-15-9-16-17-12/h2-5,9H,6-8H2,1H3,(H,14,18)(H,15,16,17). The Hall–Kier alpha value is -2.37. The molecule has 0 saturated heterocycles. The quantitative estimate of drug-likeness (QED) is 0.802. The van der Waals surface area contributed by atoms with Crippen LogP contribution in [-0.2, 0) is 17.6 Å². The number of ether oxygens (including phenoxy) is 1. The smallest absolute Gasteiger partial charge is 0.224 e. The number of carbonyl (C=O) groups excluding carboxylic acids is 1. The summed E-state index contributed by atoms with van der Waals surface area (Å²) in [6.45, 7) is 0.546. The Morgan fingerprint density at radius 3 is 2.79 bits per heavy atom. The van der Waals surface area contributed by atoms with Crippen LogP contribution in [0.25, 0.3) is 0 Å². The second-order valence-corrected chi connectivity index (χ2v) is 4.06. The predicted octanol–water partition coefficient (Wildman–Crippen LogP) is 0.715. The van der Waals surface area contributed by atoms with Gasteiger partial charge in [0.2, 0.25) is 5.91 Å². The zero-order valence-corrected chi connectivity index (χ0v) is 10.7. The van der Waals surface area contributed by atoms with Crippen molar-refractivity contribution in [2.24, 2.45) is 0 Å². The highest BCUT2D eigenvalue weighted by atomic mass is 16.5. The van der Waals surface area contributed by atoms with Crippen molar-refractivity contribution in [3.63, 3.8) is 0 Å². The molecule has 1 amide bonds. The van der Waals surface area contributed by atoms with Crippen molar-refractivity contribution in [2.75, 3.05) is 13.7 Å². The Morgan fingerprint density at radius 2 is 2.16 bits per heavy atom. The van der Waals surface area contributed by atoms with Gasteiger partial charge in [-0.1, -0.05) is 12.1 Å². The molecule has 0 aliphatic carbocycles. The van der Waals surface area contributed by atoms with Gasteiger partial charge in [-0.3, -0.25) is 9.89 Å². The Labute approximate surface area is 111 Å². The monoisotopic (exact) mass is 260 g/mol. The van der Waals surface area contributed by atoms with E-state index >= 15 is 0 Å². The number of hydrogen-bond acceptors (Lipinski definition) is 4. The first kappa shape index (κ1) is 13.1. The van der Waals surface area contributed by atoms with E-state index in [-0.39, 0.29) is 5.91 Å². The summed E-state index contributed by atoms with van der Waals surface area (Å²) in [6, 6.07) is 7.46. The molecule has 1 aromatic heterocycles. The predicted molar refractivity (Wildman–Crippen MR) is 69.8 cm³/mol. The number of nitrogens with zero attached hydrogens (tertiary/aromatic N) is 2. The molecule has 19 heavy (non-hydrogen) atoms. The minimum Gasteiger partial charge on any atom is -0.497 e. The Kier molecular flexibility index (Phi) is 4.49. The van der Waals surface area contributed by atoms with Crippen molar-refractivity contribution in [1.29, 1.82) is 0 Å². The van der Waals surface area contributed by atoms with E-state index < -0.39 is 0 Å². The molecule has 0 unspecified atom stereocenters. The molecule has 6 nitrogen and oxygen atoms in total. The molecule has 100 valence electrons. The third-order valence-corrected chi connectivity index (χ3v) is 2.67. The summed E-state index contributed by atoms with van der Waals surface area (Å²) in [5.74, 6) is 1.55. The number of aromatic nitrogens is 3. The van der Waals surface area contributed by atoms with Gasteiger partial charge in [-0.2, -0.15) is 5.10 Å². The molecule has 0 atom stereocenters. The molecule has 2 aromatic rings. The van der Waals surface area contributed by atoms with Crippen LogP contribution < -0.4 is 10.1 Å². The topological polar surface area (TPSA) is 79.9 Å². The lowest BCUT2D eigenvalue weighted by Crippen LogP contribution is -2.27. The molecule has 1 heterocycles. The van der Waals surface area contributed by atoms with Crippen molar-refractivity contribution >= 4 is 5.91 Å². The molecule has 0 radical (unpaired) electrons. The highest BCUT2D eigenvalue weighted by Crippen LogP contribution is 2.11. The molecular formula is C13H16N4O2. The molecule has 0 aliphatic heterocycles. The summed E-state index contributed by atoms with van der Waals surface area (Å²) < 4.78 is 5.06. The molecule has 1 aromatic carbocycles. The normalized spacial score (nSPS) is 10.2. The molecule has 2 rings (SSSR count). The Balaban J connectivity index is 1.74. The van der Waals surface area contributed by atoms with Crippen molar-refractivity contribution in [3.05, 3.63) is 42.0 Å². The first-order chi connectivity index (χ1) is 9.28. The van der Waals surface area contributed by atoms with Gasteiger partial charge in [0.05, 0.1) is 13.5 Å². The number of hydrogen-bond donors (Lipinski definition) is 2. The minimum absolute atomic E-state index is 0.00955. The van der Waals surface area contributed by atoms with Crippen LogP contribution in [-0.4, -0.2) is 34.7 Å². The molecule has 0 fully saturated rings. The van der Waals surface area contributed by atoms with E-state index in [1.54, 1.807) is 7.11 Å². The van der Waals surface area contributed by atoms with Gasteiger partial charge in [0.1, 0.15) is 17.9 Å². The summed E-state index contributed by atoms with van der Waals surface area (Å²) >= 11 is 0. The maximum absolute atomic E-state index is 11.7. The third kappa shape index (κ3) is 4.09. The Morgan fingerprint density at radius 1 is 1.37 bits per heavy atom. The van der Waals surface area contributed by atoms with Gasteiger partial charge in [-0.15, -0.1) is 0 Å². The van der Waals surface area contributed by atoms with Crippen LogP contribution in [0.4, 0.5) is 0 Å². The lowest BCUT2D eigenvalue weighted by Gasteiger charge is -2.05. The fourth-order valence-electron chi connectivity index (χ4n) is 1.66. The highest BCUT2D eigenvalue weighted by molar-refractivity contribution is 5.78. The van der Waals surface area contributed by atoms with Crippen molar-refractivity contribution in [3.8, 4) is 5.75 Å². The number of nitrogens with one attached hydrogen (secondary N) is 2. The molecule has 2 N–H and O–H groups in total. The van der Waals surface area contributed by atoms with Crippen LogP contribution in [0.5, 0.6) is 5.75 Å². The van der Waals surface area contributed by atoms with Gasteiger partial charge >= 0.3 is 0 Å². The summed E-state index contributed by atoms with van der Waals surface area (Å²) in [7, 11) is 1.62. The van der Waals surface area contributed by atoms with E-state index in [1.807, 2.05) is 24.3 Å². The van der Waals surface area contributed by atoms with Crippen molar-refractivity contribution < 1.29 is 9.53 Å². The SMILES string of the molecule is COc1ccc(CC(=O)NCCc2ncn[nH]2)cc1. The highest BCUT2D eigenvalue weighted by Gasteiger charge is 2.04. The second-order valence-electron chi connectivity index (χ2n) is 4.06.